The molecule has 0 amide bonds. The molecule has 0 aromatic heterocycles. The number of methoxy groups -OCH3 is 1. The van der Waals surface area contributed by atoms with Crippen molar-refractivity contribution in [1.82, 2.24) is 4.90 Å². The summed E-state index contributed by atoms with van der Waals surface area (Å²) in [6.45, 7) is 2.63. The van der Waals surface area contributed by atoms with Gasteiger partial charge in [0.1, 0.15) is 6.61 Å². The van der Waals surface area contributed by atoms with E-state index >= 15 is 0 Å². The summed E-state index contributed by atoms with van der Waals surface area (Å²) in [4.78, 5) is 2.33. The van der Waals surface area contributed by atoms with Crippen LogP contribution in [0.5, 0.6) is 11.5 Å². The number of ether oxygens (including phenoxy) is 2. The van der Waals surface area contributed by atoms with Gasteiger partial charge in [-0.25, -0.2) is 0 Å². The quantitative estimate of drug-likeness (QED) is 0.848. The van der Waals surface area contributed by atoms with Crippen LogP contribution in [0.1, 0.15) is 24.0 Å². The summed E-state index contributed by atoms with van der Waals surface area (Å²) in [6.07, 6.45) is 2.23. The Bertz CT molecular complexity index is 645. The summed E-state index contributed by atoms with van der Waals surface area (Å²) < 4.78 is 11.4. The average Bonchev–Trinajstić information content (AvgIpc) is 3.08. The molecule has 4 nitrogen and oxygen atoms in total. The van der Waals surface area contributed by atoms with Crippen LogP contribution in [0.4, 0.5) is 0 Å². The van der Waals surface area contributed by atoms with Crippen molar-refractivity contribution in [3.8, 4) is 11.5 Å². The summed E-state index contributed by atoms with van der Waals surface area (Å²) in [7, 11) is 1.67. The van der Waals surface area contributed by atoms with Crippen molar-refractivity contribution < 1.29 is 14.6 Å². The second-order valence-electron chi connectivity index (χ2n) is 6.21. The largest absolute Gasteiger partial charge is 0.493 e. The normalized spacial score (nSPS) is 17.8. The number of hydrogen-bond donors (Lipinski definition) is 1. The van der Waals surface area contributed by atoms with E-state index < -0.39 is 0 Å². The van der Waals surface area contributed by atoms with E-state index in [9.17, 15) is 5.11 Å². The highest BCUT2D eigenvalue weighted by atomic mass is 16.5. The molecule has 1 N–H and O–H groups in total. The molecule has 1 atom stereocenters. The van der Waals surface area contributed by atoms with E-state index in [1.165, 1.54) is 5.56 Å². The fourth-order valence-electron chi connectivity index (χ4n) is 3.21. The molecule has 1 aliphatic rings. The van der Waals surface area contributed by atoms with Crippen LogP contribution in [0.15, 0.2) is 48.5 Å². The van der Waals surface area contributed by atoms with Crippen LogP contribution < -0.4 is 9.47 Å². The number of aliphatic hydroxyl groups is 1. The van der Waals surface area contributed by atoms with Crippen molar-refractivity contribution in [2.75, 3.05) is 20.3 Å². The monoisotopic (exact) mass is 327 g/mol. The lowest BCUT2D eigenvalue weighted by molar-refractivity contribution is 0.153. The fourth-order valence-corrected chi connectivity index (χ4v) is 3.21. The summed E-state index contributed by atoms with van der Waals surface area (Å²) >= 11 is 0. The van der Waals surface area contributed by atoms with Crippen LogP contribution in [0.3, 0.4) is 0 Å². The zero-order valence-electron chi connectivity index (χ0n) is 14.1. The minimum Gasteiger partial charge on any atom is -0.493 e. The summed E-state index contributed by atoms with van der Waals surface area (Å²) in [5, 5.41) is 9.45. The van der Waals surface area contributed by atoms with E-state index in [0.717, 1.165) is 43.0 Å². The molecule has 1 saturated heterocycles. The molecule has 2 aromatic carbocycles. The molecule has 0 aliphatic carbocycles. The van der Waals surface area contributed by atoms with Gasteiger partial charge in [0.25, 0.3) is 0 Å². The number of hydrogen-bond acceptors (Lipinski definition) is 4. The van der Waals surface area contributed by atoms with Crippen LogP contribution >= 0.6 is 0 Å². The summed E-state index contributed by atoms with van der Waals surface area (Å²) in [5.41, 5.74) is 2.31. The summed E-state index contributed by atoms with van der Waals surface area (Å²) in [6, 6.07) is 16.5. The van der Waals surface area contributed by atoms with Crippen molar-refractivity contribution in [1.29, 1.82) is 0 Å². The SMILES string of the molecule is COc1cc(CN2CCCC2CO)ccc1OCc1ccccc1. The van der Waals surface area contributed by atoms with Crippen molar-refractivity contribution in [3.63, 3.8) is 0 Å². The Morgan fingerprint density at radius 1 is 1.08 bits per heavy atom. The predicted molar refractivity (Wildman–Crippen MR) is 94.3 cm³/mol. The Morgan fingerprint density at radius 3 is 2.67 bits per heavy atom. The van der Waals surface area contributed by atoms with E-state index in [0.29, 0.717) is 6.61 Å². The maximum atomic E-state index is 9.45. The Morgan fingerprint density at radius 2 is 1.92 bits per heavy atom. The third kappa shape index (κ3) is 4.08. The van der Waals surface area contributed by atoms with E-state index in [1.807, 2.05) is 42.5 Å². The first-order valence-electron chi connectivity index (χ1n) is 8.48. The Labute approximate surface area is 143 Å². The topological polar surface area (TPSA) is 41.9 Å². The van der Waals surface area contributed by atoms with Gasteiger partial charge in [-0.3, -0.25) is 4.90 Å². The Balaban J connectivity index is 1.66. The zero-order valence-corrected chi connectivity index (χ0v) is 14.1. The fraction of sp³-hybridized carbons (Fsp3) is 0.400. The van der Waals surface area contributed by atoms with Crippen LogP contribution in [-0.2, 0) is 13.2 Å². The lowest BCUT2D eigenvalue weighted by Crippen LogP contribution is -2.31. The second kappa shape index (κ2) is 8.18. The molecular weight excluding hydrogens is 302 g/mol. The lowest BCUT2D eigenvalue weighted by Gasteiger charge is -2.23. The molecule has 0 bridgehead atoms. The highest BCUT2D eigenvalue weighted by Crippen LogP contribution is 2.30. The molecule has 1 unspecified atom stereocenters. The van der Waals surface area contributed by atoms with Crippen LogP contribution in [0, 0.1) is 0 Å². The second-order valence-corrected chi connectivity index (χ2v) is 6.21. The smallest absolute Gasteiger partial charge is 0.161 e. The van der Waals surface area contributed by atoms with E-state index in [2.05, 4.69) is 11.0 Å². The van der Waals surface area contributed by atoms with Gasteiger partial charge < -0.3 is 14.6 Å². The Hall–Kier alpha value is -2.04. The van der Waals surface area contributed by atoms with E-state index in [-0.39, 0.29) is 12.6 Å². The van der Waals surface area contributed by atoms with Crippen LogP contribution in [-0.4, -0.2) is 36.3 Å². The molecule has 24 heavy (non-hydrogen) atoms. The highest BCUT2D eigenvalue weighted by molar-refractivity contribution is 5.43. The van der Waals surface area contributed by atoms with Crippen molar-refractivity contribution in [3.05, 3.63) is 59.7 Å². The molecule has 3 rings (SSSR count). The first-order valence-corrected chi connectivity index (χ1v) is 8.48. The molecule has 2 aromatic rings. The molecule has 1 heterocycles. The van der Waals surface area contributed by atoms with Gasteiger partial charge >= 0.3 is 0 Å². The number of likely N-dealkylation sites (tertiary alicyclic amines) is 1. The standard InChI is InChI=1S/C20H25NO3/c1-23-20-12-17(13-21-11-5-8-18(21)14-22)9-10-19(20)24-15-16-6-3-2-4-7-16/h2-4,6-7,9-10,12,18,22H,5,8,11,13-15H2,1H3. The molecule has 0 radical (unpaired) electrons. The third-order valence-electron chi connectivity index (χ3n) is 4.56. The molecular formula is C20H25NO3. The van der Waals surface area contributed by atoms with Crippen molar-refractivity contribution >= 4 is 0 Å². The van der Waals surface area contributed by atoms with Gasteiger partial charge in [0, 0.05) is 12.6 Å². The number of rotatable bonds is 7. The number of nitrogens with zero attached hydrogens (tertiary/aromatic N) is 1. The van der Waals surface area contributed by atoms with Gasteiger partial charge in [-0.2, -0.15) is 0 Å². The number of aliphatic hydroxyl groups excluding tert-OH is 1. The maximum Gasteiger partial charge on any atom is 0.161 e. The first kappa shape index (κ1) is 16.8. The zero-order chi connectivity index (χ0) is 16.8. The van der Waals surface area contributed by atoms with E-state index in [1.54, 1.807) is 7.11 Å². The minimum absolute atomic E-state index is 0.232. The molecule has 1 fully saturated rings. The van der Waals surface area contributed by atoms with Gasteiger partial charge in [-0.1, -0.05) is 36.4 Å². The highest BCUT2D eigenvalue weighted by Gasteiger charge is 2.23. The Kier molecular flexibility index (Phi) is 5.72. The van der Waals surface area contributed by atoms with Gasteiger partial charge in [0.2, 0.25) is 0 Å². The van der Waals surface area contributed by atoms with Gasteiger partial charge in [0.05, 0.1) is 13.7 Å². The molecule has 1 aliphatic heterocycles. The average molecular weight is 327 g/mol. The minimum atomic E-state index is 0.232. The van der Waals surface area contributed by atoms with Crippen LogP contribution in [0.25, 0.3) is 0 Å². The molecule has 0 saturated carbocycles. The molecule has 128 valence electrons. The lowest BCUT2D eigenvalue weighted by atomic mass is 10.1. The van der Waals surface area contributed by atoms with Crippen LogP contribution in [0.2, 0.25) is 0 Å². The van der Waals surface area contributed by atoms with E-state index in [4.69, 9.17) is 9.47 Å². The first-order chi connectivity index (χ1) is 11.8. The predicted octanol–water partition coefficient (Wildman–Crippen LogP) is 3.23. The third-order valence-corrected chi connectivity index (χ3v) is 4.56. The molecule has 4 heteroatoms. The molecule has 0 spiro atoms. The van der Waals surface area contributed by atoms with Crippen molar-refractivity contribution in [2.24, 2.45) is 0 Å². The summed E-state index contributed by atoms with van der Waals surface area (Å²) in [5.74, 6) is 1.51. The van der Waals surface area contributed by atoms with Gasteiger partial charge in [0.15, 0.2) is 11.5 Å². The van der Waals surface area contributed by atoms with Gasteiger partial charge in [-0.05, 0) is 42.6 Å². The number of benzene rings is 2. The van der Waals surface area contributed by atoms with Crippen molar-refractivity contribution in [2.45, 2.75) is 32.0 Å². The maximum absolute atomic E-state index is 9.45. The van der Waals surface area contributed by atoms with Gasteiger partial charge in [-0.15, -0.1) is 0 Å².